The van der Waals surface area contributed by atoms with Crippen molar-refractivity contribution in [3.63, 3.8) is 0 Å². The van der Waals surface area contributed by atoms with Crippen molar-refractivity contribution in [3.8, 4) is 0 Å². The Morgan fingerprint density at radius 3 is 2.96 bits per heavy atom. The summed E-state index contributed by atoms with van der Waals surface area (Å²) in [5, 5.41) is 26.5. The number of aliphatic hydroxyl groups is 2. The van der Waals surface area contributed by atoms with Gasteiger partial charge in [-0.25, -0.2) is 8.91 Å². The molecule has 2 unspecified atom stereocenters. The Morgan fingerprint density at radius 2 is 2.26 bits per heavy atom. The first kappa shape index (κ1) is 14.1. The van der Waals surface area contributed by atoms with Crippen molar-refractivity contribution in [2.45, 2.75) is 29.7 Å². The average Bonchev–Trinajstić information content (AvgIpc) is 2.83. The van der Waals surface area contributed by atoms with E-state index in [9.17, 15) is 19.0 Å². The topological polar surface area (TPSA) is 155 Å². The minimum atomic E-state index is -2.37. The zero-order chi connectivity index (χ0) is 16.6. The third kappa shape index (κ3) is 1.43. The maximum absolute atomic E-state index is 14.6. The molecule has 1 aliphatic heterocycles. The summed E-state index contributed by atoms with van der Waals surface area (Å²) in [7, 11) is 0. The normalized spacial score (nSPS) is 38.3. The number of rotatable bonds is 2. The molecule has 4 rings (SSSR count). The summed E-state index contributed by atoms with van der Waals surface area (Å²) in [5.74, 6) is -0.161. The number of nitrogens with zero attached hydrogens (tertiary/aromatic N) is 6. The number of ether oxygens (including phenoxy) is 1. The SMILES string of the molecule is [N-]=[N+]=NC12O[C@@H](c3ccc4c(N)nc(F)nn34)[C@H](F)[C@@]1(O)C2O. The van der Waals surface area contributed by atoms with Gasteiger partial charge in [-0.05, 0) is 17.7 Å². The van der Waals surface area contributed by atoms with Crippen molar-refractivity contribution in [1.82, 2.24) is 14.6 Å². The molecule has 0 aromatic carbocycles. The Kier molecular flexibility index (Phi) is 2.48. The average molecular weight is 325 g/mol. The third-order valence-electron chi connectivity index (χ3n) is 4.30. The van der Waals surface area contributed by atoms with Crippen LogP contribution in [0.2, 0.25) is 0 Å². The van der Waals surface area contributed by atoms with Gasteiger partial charge >= 0.3 is 6.08 Å². The lowest BCUT2D eigenvalue weighted by Gasteiger charge is -2.19. The Bertz CT molecular complexity index is 884. The van der Waals surface area contributed by atoms with E-state index in [-0.39, 0.29) is 17.0 Å². The Balaban J connectivity index is 1.83. The van der Waals surface area contributed by atoms with Crippen LogP contribution in [0.1, 0.15) is 11.8 Å². The minimum absolute atomic E-state index is 0.0286. The van der Waals surface area contributed by atoms with E-state index in [4.69, 9.17) is 16.0 Å². The van der Waals surface area contributed by atoms with Gasteiger partial charge in [0.15, 0.2) is 17.6 Å². The van der Waals surface area contributed by atoms with Gasteiger partial charge in [0.25, 0.3) is 0 Å². The quantitative estimate of drug-likeness (QED) is 0.400. The number of aliphatic hydroxyl groups excluding tert-OH is 1. The number of alkyl halides is 1. The summed E-state index contributed by atoms with van der Waals surface area (Å²) >= 11 is 0. The molecule has 5 atom stereocenters. The molecule has 2 aliphatic rings. The number of halogens is 2. The molecule has 2 aromatic heterocycles. The molecule has 1 aliphatic carbocycles. The fourth-order valence-electron chi connectivity index (χ4n) is 3.07. The second-order valence-corrected chi connectivity index (χ2v) is 5.38. The number of anilines is 1. The lowest BCUT2D eigenvalue weighted by molar-refractivity contribution is -0.0571. The Labute approximate surface area is 125 Å². The molecule has 1 saturated heterocycles. The summed E-state index contributed by atoms with van der Waals surface area (Å²) in [5.41, 5.74) is 9.85. The lowest BCUT2D eigenvalue weighted by Crippen LogP contribution is -2.31. The van der Waals surface area contributed by atoms with Gasteiger partial charge in [-0.15, -0.1) is 5.10 Å². The van der Waals surface area contributed by atoms with Gasteiger partial charge in [0.2, 0.25) is 5.72 Å². The molecule has 1 saturated carbocycles. The molecule has 120 valence electrons. The summed E-state index contributed by atoms with van der Waals surface area (Å²) < 4.78 is 34.2. The van der Waals surface area contributed by atoms with Gasteiger partial charge in [-0.2, -0.15) is 9.37 Å². The molecule has 0 amide bonds. The highest BCUT2D eigenvalue weighted by atomic mass is 19.1. The van der Waals surface area contributed by atoms with Gasteiger partial charge in [-0.3, -0.25) is 0 Å². The van der Waals surface area contributed by atoms with Crippen LogP contribution in [0.15, 0.2) is 17.2 Å². The Morgan fingerprint density at radius 1 is 1.52 bits per heavy atom. The van der Waals surface area contributed by atoms with Crippen molar-refractivity contribution >= 4 is 11.3 Å². The number of nitrogen functional groups attached to an aromatic ring is 1. The molecule has 10 nitrogen and oxygen atoms in total. The molecule has 23 heavy (non-hydrogen) atoms. The standard InChI is InChI=1S/C11H9F2N7O3/c12-6-5(23-11(18-19-15)8(21)10(6,11)22)3-1-2-4-7(14)16-9(13)17-20(3)4/h1-2,5-6,8,21-22H,(H2,14,16,17)/t5-,6-,8?,10+,11?/m0/s1. The number of fused-ring (bicyclic) bond motifs is 2. The van der Waals surface area contributed by atoms with Gasteiger partial charge < -0.3 is 20.7 Å². The van der Waals surface area contributed by atoms with Crippen LogP contribution >= 0.6 is 0 Å². The van der Waals surface area contributed by atoms with Crippen LogP contribution in [0.4, 0.5) is 14.6 Å². The van der Waals surface area contributed by atoms with Crippen LogP contribution in [0.3, 0.4) is 0 Å². The molecule has 12 heteroatoms. The summed E-state index contributed by atoms with van der Waals surface area (Å²) in [6, 6.07) is 2.78. The predicted octanol–water partition coefficient (Wildman–Crippen LogP) is -0.0278. The molecule has 2 aromatic rings. The fourth-order valence-corrected chi connectivity index (χ4v) is 3.07. The van der Waals surface area contributed by atoms with Gasteiger partial charge in [0.1, 0.15) is 17.7 Å². The minimum Gasteiger partial charge on any atom is -0.387 e. The third-order valence-corrected chi connectivity index (χ3v) is 4.30. The van der Waals surface area contributed by atoms with Crippen molar-refractivity contribution in [2.24, 2.45) is 5.11 Å². The van der Waals surface area contributed by atoms with E-state index in [2.05, 4.69) is 20.1 Å². The second kappa shape index (κ2) is 4.06. The van der Waals surface area contributed by atoms with Crippen LogP contribution in [0.5, 0.6) is 0 Å². The number of hydrogen-bond donors (Lipinski definition) is 3. The second-order valence-electron chi connectivity index (χ2n) is 5.38. The van der Waals surface area contributed by atoms with E-state index in [1.807, 2.05) is 0 Å². The van der Waals surface area contributed by atoms with Crippen LogP contribution < -0.4 is 5.73 Å². The zero-order valence-corrected chi connectivity index (χ0v) is 11.2. The van der Waals surface area contributed by atoms with Crippen LogP contribution in [0.25, 0.3) is 16.0 Å². The molecule has 3 heterocycles. The van der Waals surface area contributed by atoms with Crippen molar-refractivity contribution in [1.29, 1.82) is 0 Å². The van der Waals surface area contributed by atoms with Gasteiger partial charge in [0.05, 0.1) is 5.69 Å². The highest BCUT2D eigenvalue weighted by Crippen LogP contribution is 2.65. The van der Waals surface area contributed by atoms with Crippen LogP contribution in [-0.4, -0.2) is 48.4 Å². The fraction of sp³-hybridized carbons (Fsp3) is 0.455. The van der Waals surface area contributed by atoms with E-state index < -0.39 is 35.8 Å². The van der Waals surface area contributed by atoms with E-state index in [1.54, 1.807) is 0 Å². The number of hydrogen-bond acceptors (Lipinski definition) is 7. The largest absolute Gasteiger partial charge is 0.387 e. The summed E-state index contributed by atoms with van der Waals surface area (Å²) in [6.07, 6.45) is -6.39. The molecular formula is C11H9F2N7O3. The Hall–Kier alpha value is -2.53. The molecular weight excluding hydrogens is 316 g/mol. The van der Waals surface area contributed by atoms with Crippen molar-refractivity contribution in [3.05, 3.63) is 34.3 Å². The van der Waals surface area contributed by atoms with Crippen LogP contribution in [0, 0.1) is 6.08 Å². The number of aromatic nitrogens is 3. The maximum Gasteiger partial charge on any atom is 0.327 e. The van der Waals surface area contributed by atoms with Crippen molar-refractivity contribution < 1.29 is 23.7 Å². The highest BCUT2D eigenvalue weighted by Gasteiger charge is 2.88. The van der Waals surface area contributed by atoms with Gasteiger partial charge in [0, 0.05) is 4.91 Å². The zero-order valence-electron chi connectivity index (χ0n) is 11.2. The first-order valence-corrected chi connectivity index (χ1v) is 6.46. The predicted molar refractivity (Wildman–Crippen MR) is 68.9 cm³/mol. The van der Waals surface area contributed by atoms with Crippen LogP contribution in [-0.2, 0) is 4.74 Å². The first-order valence-electron chi connectivity index (χ1n) is 6.46. The molecule has 0 radical (unpaired) electrons. The lowest BCUT2D eigenvalue weighted by atomic mass is 10.1. The first-order chi connectivity index (χ1) is 10.9. The smallest absolute Gasteiger partial charge is 0.327 e. The molecule has 0 bridgehead atoms. The highest BCUT2D eigenvalue weighted by molar-refractivity contribution is 5.65. The molecule has 0 spiro atoms. The van der Waals surface area contributed by atoms with Gasteiger partial charge in [-0.1, -0.05) is 5.11 Å². The summed E-state index contributed by atoms with van der Waals surface area (Å²) in [4.78, 5) is 5.81. The van der Waals surface area contributed by atoms with E-state index in [0.717, 1.165) is 4.52 Å². The molecule has 2 fully saturated rings. The number of azide groups is 1. The molecule has 4 N–H and O–H groups in total. The van der Waals surface area contributed by atoms with E-state index in [1.165, 1.54) is 12.1 Å². The van der Waals surface area contributed by atoms with E-state index >= 15 is 0 Å². The maximum atomic E-state index is 14.6. The number of nitrogens with two attached hydrogens (primary N) is 1. The summed E-state index contributed by atoms with van der Waals surface area (Å²) in [6.45, 7) is 0. The van der Waals surface area contributed by atoms with Crippen molar-refractivity contribution in [2.75, 3.05) is 5.73 Å². The van der Waals surface area contributed by atoms with E-state index in [0.29, 0.717) is 0 Å². The monoisotopic (exact) mass is 325 g/mol.